The van der Waals surface area contributed by atoms with Gasteiger partial charge in [0.05, 0.1) is 23.2 Å². The number of hydrogen-bond acceptors (Lipinski definition) is 6. The summed E-state index contributed by atoms with van der Waals surface area (Å²) in [6, 6.07) is 1.64. The molecule has 8 heteroatoms. The highest BCUT2D eigenvalue weighted by Gasteiger charge is 2.33. The van der Waals surface area contributed by atoms with E-state index in [1.807, 2.05) is 18.6 Å². The zero-order chi connectivity index (χ0) is 16.4. The Hall–Kier alpha value is -1.41. The number of esters is 1. The molecular formula is C13H19NO5S2. The van der Waals surface area contributed by atoms with E-state index in [2.05, 4.69) is 4.74 Å². The van der Waals surface area contributed by atoms with Crippen LogP contribution in [0.25, 0.3) is 0 Å². The van der Waals surface area contributed by atoms with Crippen molar-refractivity contribution in [1.82, 2.24) is 4.72 Å². The lowest BCUT2D eigenvalue weighted by molar-refractivity contribution is -0.144. The van der Waals surface area contributed by atoms with Crippen molar-refractivity contribution < 1.29 is 22.7 Å². The third-order valence-electron chi connectivity index (χ3n) is 3.39. The van der Waals surface area contributed by atoms with Crippen LogP contribution in [0, 0.1) is 19.8 Å². The van der Waals surface area contributed by atoms with Crippen LogP contribution in [0.2, 0.25) is 0 Å². The molecule has 0 aliphatic rings. The smallest absolute Gasteiger partial charge is 0.309 e. The molecule has 0 aliphatic heterocycles. The highest BCUT2D eigenvalue weighted by atomic mass is 32.2. The Balaban J connectivity index is 2.89. The number of carbonyl (C=O) groups is 2. The molecule has 0 fully saturated rings. The zero-order valence-corrected chi connectivity index (χ0v) is 14.2. The van der Waals surface area contributed by atoms with Gasteiger partial charge in [-0.1, -0.05) is 6.92 Å². The maximum Gasteiger partial charge on any atom is 0.309 e. The Labute approximate surface area is 128 Å². The van der Waals surface area contributed by atoms with E-state index in [0.29, 0.717) is 4.88 Å². The SMILES string of the molecule is COC(=O)C(C)C(C)S(=O)(=O)NC(=O)c1cc(C)c(C)s1. The first-order valence-corrected chi connectivity index (χ1v) is 8.67. The number of methoxy groups -OCH3 is 1. The van der Waals surface area contributed by atoms with Crippen LogP contribution in [-0.2, 0) is 19.6 Å². The Kier molecular flexibility index (Phi) is 5.52. The monoisotopic (exact) mass is 333 g/mol. The molecule has 1 amide bonds. The van der Waals surface area contributed by atoms with Crippen molar-refractivity contribution in [2.24, 2.45) is 5.92 Å². The van der Waals surface area contributed by atoms with E-state index in [1.165, 1.54) is 32.3 Å². The number of rotatable bonds is 5. The van der Waals surface area contributed by atoms with E-state index >= 15 is 0 Å². The van der Waals surface area contributed by atoms with Crippen molar-refractivity contribution in [1.29, 1.82) is 0 Å². The van der Waals surface area contributed by atoms with Gasteiger partial charge in [-0.05, 0) is 32.4 Å². The molecule has 6 nitrogen and oxygen atoms in total. The minimum Gasteiger partial charge on any atom is -0.469 e. The lowest BCUT2D eigenvalue weighted by atomic mass is 10.1. The van der Waals surface area contributed by atoms with Crippen molar-refractivity contribution >= 4 is 33.2 Å². The molecule has 0 aliphatic carbocycles. The van der Waals surface area contributed by atoms with E-state index in [1.54, 1.807) is 6.07 Å². The molecule has 0 saturated carbocycles. The molecule has 0 spiro atoms. The summed E-state index contributed by atoms with van der Waals surface area (Å²) in [5.74, 6) is -2.18. The van der Waals surface area contributed by atoms with Crippen LogP contribution in [0.1, 0.15) is 34.0 Å². The van der Waals surface area contributed by atoms with E-state index in [4.69, 9.17) is 0 Å². The van der Waals surface area contributed by atoms with Gasteiger partial charge in [0.1, 0.15) is 0 Å². The predicted octanol–water partition coefficient (Wildman–Crippen LogP) is 1.62. The summed E-state index contributed by atoms with van der Waals surface area (Å²) in [4.78, 5) is 24.7. The average Bonchev–Trinajstić information content (AvgIpc) is 2.75. The maximum atomic E-state index is 12.1. The summed E-state index contributed by atoms with van der Waals surface area (Å²) in [7, 11) is -2.77. The van der Waals surface area contributed by atoms with Gasteiger partial charge in [0.2, 0.25) is 10.0 Å². The highest BCUT2D eigenvalue weighted by molar-refractivity contribution is 7.90. The van der Waals surface area contributed by atoms with Gasteiger partial charge >= 0.3 is 5.97 Å². The van der Waals surface area contributed by atoms with Gasteiger partial charge in [-0.25, -0.2) is 13.1 Å². The molecule has 0 bridgehead atoms. The minimum atomic E-state index is -3.96. The highest BCUT2D eigenvalue weighted by Crippen LogP contribution is 2.21. The van der Waals surface area contributed by atoms with Crippen LogP contribution in [0.15, 0.2) is 6.07 Å². The second-order valence-electron chi connectivity index (χ2n) is 4.84. The first-order valence-electron chi connectivity index (χ1n) is 6.31. The predicted molar refractivity (Wildman–Crippen MR) is 80.8 cm³/mol. The van der Waals surface area contributed by atoms with Gasteiger partial charge in [-0.3, -0.25) is 9.59 Å². The summed E-state index contributed by atoms with van der Waals surface area (Å²) in [6.45, 7) is 6.51. The number of carbonyl (C=O) groups excluding carboxylic acids is 2. The summed E-state index contributed by atoms with van der Waals surface area (Å²) in [5.41, 5.74) is 0.929. The third kappa shape index (κ3) is 4.04. The standard InChI is InChI=1S/C13H19NO5S2/c1-7-6-11(20-9(7)3)12(15)14-21(17,18)10(4)8(2)13(16)19-5/h6,8,10H,1-5H3,(H,14,15). The molecular weight excluding hydrogens is 314 g/mol. The molecule has 2 unspecified atom stereocenters. The van der Waals surface area contributed by atoms with Crippen LogP contribution in [-0.4, -0.2) is 32.7 Å². The normalized spacial score (nSPS) is 14.3. The topological polar surface area (TPSA) is 89.5 Å². The fourth-order valence-electron chi connectivity index (χ4n) is 1.60. The molecule has 1 N–H and O–H groups in total. The molecule has 1 heterocycles. The molecule has 0 aromatic carbocycles. The van der Waals surface area contributed by atoms with Crippen LogP contribution in [0.4, 0.5) is 0 Å². The number of thiophene rings is 1. The maximum absolute atomic E-state index is 12.1. The van der Waals surface area contributed by atoms with Crippen molar-refractivity contribution in [2.75, 3.05) is 7.11 Å². The number of sulfonamides is 1. The molecule has 2 atom stereocenters. The molecule has 1 aromatic heterocycles. The van der Waals surface area contributed by atoms with Gasteiger partial charge < -0.3 is 4.74 Å². The fourth-order valence-corrected chi connectivity index (χ4v) is 3.80. The Morgan fingerprint density at radius 1 is 1.29 bits per heavy atom. The van der Waals surface area contributed by atoms with Crippen molar-refractivity contribution in [3.63, 3.8) is 0 Å². The summed E-state index contributed by atoms with van der Waals surface area (Å²) in [5, 5.41) is -1.07. The van der Waals surface area contributed by atoms with Crippen molar-refractivity contribution in [3.05, 3.63) is 21.4 Å². The first-order chi connectivity index (χ1) is 9.60. The zero-order valence-electron chi connectivity index (χ0n) is 12.6. The van der Waals surface area contributed by atoms with Gasteiger partial charge in [0.25, 0.3) is 5.91 Å². The van der Waals surface area contributed by atoms with E-state index in [0.717, 1.165) is 10.4 Å². The number of aryl methyl sites for hydroxylation is 2. The fraction of sp³-hybridized carbons (Fsp3) is 0.538. The average molecular weight is 333 g/mol. The Morgan fingerprint density at radius 2 is 1.86 bits per heavy atom. The molecule has 1 rings (SSSR count). The van der Waals surface area contributed by atoms with Crippen LogP contribution in [0.3, 0.4) is 0 Å². The lowest BCUT2D eigenvalue weighted by Gasteiger charge is -2.18. The number of nitrogens with one attached hydrogen (secondary N) is 1. The van der Waals surface area contributed by atoms with Gasteiger partial charge in [-0.2, -0.15) is 0 Å². The molecule has 21 heavy (non-hydrogen) atoms. The van der Waals surface area contributed by atoms with Crippen molar-refractivity contribution in [2.45, 2.75) is 32.9 Å². The molecule has 118 valence electrons. The molecule has 0 saturated heterocycles. The van der Waals surface area contributed by atoms with Crippen molar-refractivity contribution in [3.8, 4) is 0 Å². The second-order valence-corrected chi connectivity index (χ2v) is 8.14. The van der Waals surface area contributed by atoms with Gasteiger partial charge in [0, 0.05) is 4.88 Å². The molecule has 0 radical (unpaired) electrons. The third-order valence-corrected chi connectivity index (χ3v) is 6.40. The van der Waals surface area contributed by atoms with E-state index < -0.39 is 33.1 Å². The van der Waals surface area contributed by atoms with E-state index in [9.17, 15) is 18.0 Å². The van der Waals surface area contributed by atoms with Gasteiger partial charge in [-0.15, -0.1) is 11.3 Å². The summed E-state index contributed by atoms with van der Waals surface area (Å²) >= 11 is 1.23. The molecule has 1 aromatic rings. The quantitative estimate of drug-likeness (QED) is 0.827. The first kappa shape index (κ1) is 17.6. The Morgan fingerprint density at radius 3 is 2.29 bits per heavy atom. The van der Waals surface area contributed by atoms with E-state index in [-0.39, 0.29) is 0 Å². The number of ether oxygens (including phenoxy) is 1. The number of hydrogen-bond donors (Lipinski definition) is 1. The lowest BCUT2D eigenvalue weighted by Crippen LogP contribution is -2.41. The largest absolute Gasteiger partial charge is 0.469 e. The summed E-state index contributed by atoms with van der Waals surface area (Å²) in [6.07, 6.45) is 0. The van der Waals surface area contributed by atoms with Gasteiger partial charge in [0.15, 0.2) is 0 Å². The Bertz CT molecular complexity index is 628. The summed E-state index contributed by atoms with van der Waals surface area (Å²) < 4.78 is 30.8. The second kappa shape index (κ2) is 6.57. The van der Waals surface area contributed by atoms with Crippen LogP contribution < -0.4 is 4.72 Å². The minimum absolute atomic E-state index is 0.325. The van der Waals surface area contributed by atoms with Crippen LogP contribution >= 0.6 is 11.3 Å². The number of amides is 1. The van der Waals surface area contributed by atoms with Crippen LogP contribution in [0.5, 0.6) is 0 Å².